The van der Waals surface area contributed by atoms with Gasteiger partial charge in [-0.3, -0.25) is 9.69 Å². The zero-order valence-electron chi connectivity index (χ0n) is 14.7. The molecule has 1 fully saturated rings. The monoisotopic (exact) mass is 315 g/mol. The molecule has 1 unspecified atom stereocenters. The fraction of sp³-hybridized carbons (Fsp3) is 0.632. The van der Waals surface area contributed by atoms with Crippen LogP contribution in [0.1, 0.15) is 26.3 Å². The fourth-order valence-electron chi connectivity index (χ4n) is 3.80. The lowest BCUT2D eigenvalue weighted by molar-refractivity contribution is -0.123. The van der Waals surface area contributed by atoms with Gasteiger partial charge in [-0.15, -0.1) is 0 Å². The Morgan fingerprint density at radius 2 is 1.74 bits per heavy atom. The average molecular weight is 315 g/mol. The molecular weight excluding hydrogens is 286 g/mol. The van der Waals surface area contributed by atoms with Crippen LogP contribution >= 0.6 is 0 Å². The highest BCUT2D eigenvalue weighted by Gasteiger charge is 2.32. The maximum atomic E-state index is 12.9. The molecule has 1 atom stereocenters. The molecule has 0 aliphatic carbocycles. The molecule has 3 rings (SSSR count). The first-order valence-electron chi connectivity index (χ1n) is 8.92. The summed E-state index contributed by atoms with van der Waals surface area (Å²) in [6.45, 7) is 12.7. The van der Waals surface area contributed by atoms with Crippen molar-refractivity contribution in [3.63, 3.8) is 0 Å². The number of fused-ring (bicyclic) bond motifs is 1. The summed E-state index contributed by atoms with van der Waals surface area (Å²) in [7, 11) is 0. The van der Waals surface area contributed by atoms with E-state index in [1.54, 1.807) is 0 Å². The van der Waals surface area contributed by atoms with Crippen molar-refractivity contribution in [3.05, 3.63) is 29.8 Å². The van der Waals surface area contributed by atoms with Gasteiger partial charge in [0.1, 0.15) is 0 Å². The molecule has 23 heavy (non-hydrogen) atoms. The van der Waals surface area contributed by atoms with E-state index < -0.39 is 0 Å². The highest BCUT2D eigenvalue weighted by Crippen LogP contribution is 2.28. The Bertz CT molecular complexity index is 549. The number of hydrogen-bond donors (Lipinski definition) is 0. The number of amides is 1. The van der Waals surface area contributed by atoms with Crippen LogP contribution in [0.25, 0.3) is 0 Å². The van der Waals surface area contributed by atoms with Gasteiger partial charge in [0.15, 0.2) is 0 Å². The van der Waals surface area contributed by atoms with E-state index in [-0.39, 0.29) is 11.9 Å². The van der Waals surface area contributed by atoms with Gasteiger partial charge in [-0.1, -0.05) is 32.0 Å². The van der Waals surface area contributed by atoms with Gasteiger partial charge in [-0.25, -0.2) is 0 Å². The molecule has 1 aromatic rings. The summed E-state index contributed by atoms with van der Waals surface area (Å²) in [5.74, 6) is 0.967. The van der Waals surface area contributed by atoms with Crippen LogP contribution < -0.4 is 4.90 Å². The third kappa shape index (κ3) is 3.59. The standard InChI is InChI=1S/C19H29N3O/c1-15(2)14-20-10-12-21(13-11-20)16(3)19(23)22-9-8-17-6-4-5-7-18(17)22/h4-7,15-16H,8-14H2,1-3H3. The predicted molar refractivity (Wildman–Crippen MR) is 94.8 cm³/mol. The minimum Gasteiger partial charge on any atom is -0.310 e. The van der Waals surface area contributed by atoms with E-state index in [9.17, 15) is 4.79 Å². The maximum Gasteiger partial charge on any atom is 0.244 e. The van der Waals surface area contributed by atoms with Crippen molar-refractivity contribution in [3.8, 4) is 0 Å². The molecular formula is C19H29N3O. The van der Waals surface area contributed by atoms with Crippen LogP contribution in [0.15, 0.2) is 24.3 Å². The molecule has 2 aliphatic heterocycles. The Kier molecular flexibility index (Phi) is 5.02. The van der Waals surface area contributed by atoms with Crippen LogP contribution in [-0.4, -0.2) is 61.0 Å². The van der Waals surface area contributed by atoms with E-state index in [2.05, 4.69) is 48.8 Å². The van der Waals surface area contributed by atoms with Crippen LogP contribution in [0.4, 0.5) is 5.69 Å². The van der Waals surface area contributed by atoms with Gasteiger partial charge in [0.25, 0.3) is 0 Å². The minimum absolute atomic E-state index is 0.0256. The second kappa shape index (κ2) is 7.02. The van der Waals surface area contributed by atoms with Crippen LogP contribution in [0, 0.1) is 5.92 Å². The van der Waals surface area contributed by atoms with Crippen molar-refractivity contribution in [1.82, 2.24) is 9.80 Å². The van der Waals surface area contributed by atoms with Crippen molar-refractivity contribution in [2.75, 3.05) is 44.2 Å². The molecule has 1 aromatic carbocycles. The van der Waals surface area contributed by atoms with E-state index >= 15 is 0 Å². The Morgan fingerprint density at radius 1 is 1.04 bits per heavy atom. The molecule has 1 saturated heterocycles. The first-order valence-corrected chi connectivity index (χ1v) is 8.92. The van der Waals surface area contributed by atoms with E-state index in [0.29, 0.717) is 5.92 Å². The summed E-state index contributed by atoms with van der Waals surface area (Å²) in [5, 5.41) is 0. The van der Waals surface area contributed by atoms with Crippen LogP contribution in [0.3, 0.4) is 0 Å². The molecule has 0 aromatic heterocycles. The topological polar surface area (TPSA) is 26.8 Å². The number of anilines is 1. The number of rotatable bonds is 4. The molecule has 2 heterocycles. The molecule has 1 amide bonds. The van der Waals surface area contributed by atoms with Crippen LogP contribution in [-0.2, 0) is 11.2 Å². The number of hydrogen-bond acceptors (Lipinski definition) is 3. The molecule has 0 radical (unpaired) electrons. The zero-order chi connectivity index (χ0) is 16.4. The van der Waals surface area contributed by atoms with Gasteiger partial charge in [0.2, 0.25) is 5.91 Å². The zero-order valence-corrected chi connectivity index (χ0v) is 14.7. The van der Waals surface area contributed by atoms with Crippen molar-refractivity contribution in [2.45, 2.75) is 33.2 Å². The predicted octanol–water partition coefficient (Wildman–Crippen LogP) is 2.24. The van der Waals surface area contributed by atoms with Crippen molar-refractivity contribution in [2.24, 2.45) is 5.92 Å². The number of carbonyl (C=O) groups excluding carboxylic acids is 1. The lowest BCUT2D eigenvalue weighted by Gasteiger charge is -2.39. The van der Waals surface area contributed by atoms with Crippen molar-refractivity contribution < 1.29 is 4.79 Å². The Labute approximate surface area is 140 Å². The third-order valence-electron chi connectivity index (χ3n) is 5.09. The summed E-state index contributed by atoms with van der Waals surface area (Å²) >= 11 is 0. The first kappa shape index (κ1) is 16.5. The highest BCUT2D eigenvalue weighted by molar-refractivity contribution is 5.98. The second-order valence-electron chi connectivity index (χ2n) is 7.27. The van der Waals surface area contributed by atoms with Crippen LogP contribution in [0.5, 0.6) is 0 Å². The quantitative estimate of drug-likeness (QED) is 0.852. The molecule has 2 aliphatic rings. The lowest BCUT2D eigenvalue weighted by atomic mass is 10.1. The number of benzene rings is 1. The van der Waals surface area contributed by atoms with E-state index in [1.165, 1.54) is 5.56 Å². The van der Waals surface area contributed by atoms with Gasteiger partial charge in [0.05, 0.1) is 6.04 Å². The molecule has 4 nitrogen and oxygen atoms in total. The SMILES string of the molecule is CC(C)CN1CCN(C(C)C(=O)N2CCc3ccccc32)CC1. The normalized spacial score (nSPS) is 20.8. The Hall–Kier alpha value is -1.39. The molecule has 0 N–H and O–H groups in total. The maximum absolute atomic E-state index is 12.9. The summed E-state index contributed by atoms with van der Waals surface area (Å²) in [4.78, 5) is 19.8. The largest absolute Gasteiger partial charge is 0.310 e. The van der Waals surface area contributed by atoms with Gasteiger partial charge in [0, 0.05) is 45.0 Å². The number of carbonyl (C=O) groups is 1. The number of nitrogens with zero attached hydrogens (tertiary/aromatic N) is 3. The fourth-order valence-corrected chi connectivity index (χ4v) is 3.80. The van der Waals surface area contributed by atoms with Crippen molar-refractivity contribution >= 4 is 11.6 Å². The second-order valence-corrected chi connectivity index (χ2v) is 7.27. The first-order chi connectivity index (χ1) is 11.1. The van der Waals surface area contributed by atoms with Gasteiger partial charge in [-0.05, 0) is 30.9 Å². The molecule has 0 saturated carbocycles. The summed E-state index contributed by atoms with van der Waals surface area (Å²) in [6, 6.07) is 8.28. The lowest BCUT2D eigenvalue weighted by Crippen LogP contribution is -2.54. The molecule has 4 heteroatoms. The van der Waals surface area contributed by atoms with Gasteiger partial charge in [-0.2, -0.15) is 0 Å². The summed E-state index contributed by atoms with van der Waals surface area (Å²) in [6.07, 6.45) is 0.983. The summed E-state index contributed by atoms with van der Waals surface area (Å²) in [5.41, 5.74) is 2.41. The van der Waals surface area contributed by atoms with E-state index in [4.69, 9.17) is 0 Å². The number of para-hydroxylation sites is 1. The highest BCUT2D eigenvalue weighted by atomic mass is 16.2. The van der Waals surface area contributed by atoms with Gasteiger partial charge < -0.3 is 9.80 Å². The molecule has 0 spiro atoms. The molecule has 126 valence electrons. The Balaban J connectivity index is 1.59. The smallest absolute Gasteiger partial charge is 0.244 e. The minimum atomic E-state index is -0.0256. The average Bonchev–Trinajstić information content (AvgIpc) is 2.97. The van der Waals surface area contributed by atoms with Gasteiger partial charge >= 0.3 is 0 Å². The summed E-state index contributed by atoms with van der Waals surface area (Å²) < 4.78 is 0. The molecule has 0 bridgehead atoms. The Morgan fingerprint density at radius 3 is 2.43 bits per heavy atom. The third-order valence-corrected chi connectivity index (χ3v) is 5.09. The van der Waals surface area contributed by atoms with Crippen molar-refractivity contribution in [1.29, 1.82) is 0 Å². The van der Waals surface area contributed by atoms with E-state index in [1.807, 2.05) is 11.0 Å². The van der Waals surface area contributed by atoms with Crippen LogP contribution in [0.2, 0.25) is 0 Å². The van der Waals surface area contributed by atoms with E-state index in [0.717, 1.165) is 51.4 Å². The number of piperazine rings is 1.